The number of likely N-dealkylation sites (tertiary alicyclic amines) is 1. The Hall–Kier alpha value is -1.20. The van der Waals surface area contributed by atoms with Crippen molar-refractivity contribution < 1.29 is 0 Å². The minimum absolute atomic E-state index is 0.341. The van der Waals surface area contributed by atoms with E-state index in [2.05, 4.69) is 48.3 Å². The summed E-state index contributed by atoms with van der Waals surface area (Å²) in [6.07, 6.45) is 7.43. The summed E-state index contributed by atoms with van der Waals surface area (Å²) >= 11 is 7.56. The van der Waals surface area contributed by atoms with Crippen LogP contribution >= 0.6 is 23.6 Å². The van der Waals surface area contributed by atoms with Crippen molar-refractivity contribution in [3.63, 3.8) is 0 Å². The highest BCUT2D eigenvalue weighted by Crippen LogP contribution is 2.36. The predicted octanol–water partition coefficient (Wildman–Crippen LogP) is 5.52. The maximum absolute atomic E-state index is 5.74. The number of thiocarbonyl (C=S) groups is 1. The topological polar surface area (TPSA) is 28.2 Å². The number of hydrogen-bond donors (Lipinski definition) is 1. The van der Waals surface area contributed by atoms with Gasteiger partial charge in [-0.25, -0.2) is 4.98 Å². The normalized spacial score (nSPS) is 18.6. The van der Waals surface area contributed by atoms with E-state index in [0.717, 1.165) is 36.1 Å². The van der Waals surface area contributed by atoms with E-state index in [-0.39, 0.29) is 0 Å². The summed E-state index contributed by atoms with van der Waals surface area (Å²) in [7, 11) is 0. The van der Waals surface area contributed by atoms with Gasteiger partial charge in [-0.2, -0.15) is 0 Å². The Morgan fingerprint density at radius 3 is 3.00 bits per heavy atom. The van der Waals surface area contributed by atoms with Crippen molar-refractivity contribution in [3.05, 3.63) is 29.3 Å². The van der Waals surface area contributed by atoms with Crippen LogP contribution < -0.4 is 5.32 Å². The van der Waals surface area contributed by atoms with Gasteiger partial charge in [0.25, 0.3) is 0 Å². The van der Waals surface area contributed by atoms with Crippen LogP contribution in [0.15, 0.2) is 24.3 Å². The van der Waals surface area contributed by atoms with Gasteiger partial charge in [-0.15, -0.1) is 11.3 Å². The molecule has 1 aliphatic rings. The first-order valence-corrected chi connectivity index (χ1v) is 10.8. The fourth-order valence-corrected chi connectivity index (χ4v) is 4.99. The maximum Gasteiger partial charge on any atom is 0.169 e. The molecule has 2 aromatic rings. The molecule has 1 aromatic heterocycles. The van der Waals surface area contributed by atoms with Crippen molar-refractivity contribution in [1.29, 1.82) is 0 Å². The van der Waals surface area contributed by atoms with Gasteiger partial charge >= 0.3 is 0 Å². The zero-order chi connectivity index (χ0) is 17.6. The molecule has 0 spiro atoms. The minimum atomic E-state index is 0.341. The van der Waals surface area contributed by atoms with Gasteiger partial charge < -0.3 is 10.2 Å². The van der Waals surface area contributed by atoms with E-state index in [9.17, 15) is 0 Å². The Balaban J connectivity index is 1.63. The van der Waals surface area contributed by atoms with Crippen LogP contribution in [0.5, 0.6) is 0 Å². The van der Waals surface area contributed by atoms with Crippen molar-refractivity contribution in [1.82, 2.24) is 15.2 Å². The molecule has 136 valence electrons. The lowest BCUT2D eigenvalue weighted by atomic mass is 9.99. The van der Waals surface area contributed by atoms with Crippen molar-refractivity contribution in [2.24, 2.45) is 5.92 Å². The number of aromatic nitrogens is 1. The van der Waals surface area contributed by atoms with Gasteiger partial charge in [0.05, 0.1) is 16.3 Å². The fraction of sp³-hybridized carbons (Fsp3) is 0.600. The number of fused-ring (bicyclic) bond motifs is 1. The lowest BCUT2D eigenvalue weighted by molar-refractivity contribution is 0.380. The molecular weight excluding hydrogens is 346 g/mol. The largest absolute Gasteiger partial charge is 0.362 e. The lowest BCUT2D eigenvalue weighted by Crippen LogP contribution is -2.41. The predicted molar refractivity (Wildman–Crippen MR) is 112 cm³/mol. The zero-order valence-electron chi connectivity index (χ0n) is 15.3. The summed E-state index contributed by atoms with van der Waals surface area (Å²) < 4.78 is 1.27. The number of benzene rings is 1. The van der Waals surface area contributed by atoms with Gasteiger partial charge in [-0.1, -0.05) is 45.2 Å². The first kappa shape index (κ1) is 18.6. The highest BCUT2D eigenvalue weighted by molar-refractivity contribution is 7.80. The van der Waals surface area contributed by atoms with E-state index in [0.29, 0.717) is 6.04 Å². The van der Waals surface area contributed by atoms with Gasteiger partial charge in [0, 0.05) is 13.1 Å². The molecule has 0 radical (unpaired) electrons. The Labute approximate surface area is 160 Å². The van der Waals surface area contributed by atoms with E-state index in [1.165, 1.54) is 41.8 Å². The van der Waals surface area contributed by atoms with Crippen LogP contribution in [-0.4, -0.2) is 28.1 Å². The molecule has 3 nitrogen and oxygen atoms in total. The zero-order valence-corrected chi connectivity index (χ0v) is 17.0. The summed E-state index contributed by atoms with van der Waals surface area (Å²) in [5.74, 6) is 0.724. The Morgan fingerprint density at radius 1 is 1.40 bits per heavy atom. The van der Waals surface area contributed by atoms with Gasteiger partial charge in [-0.05, 0) is 49.5 Å². The van der Waals surface area contributed by atoms with E-state index < -0.39 is 0 Å². The summed E-state index contributed by atoms with van der Waals surface area (Å²) in [4.78, 5) is 7.23. The smallest absolute Gasteiger partial charge is 0.169 e. The number of unbranched alkanes of at least 4 members (excludes halogenated alkanes) is 1. The number of thiazole rings is 1. The Bertz CT molecular complexity index is 664. The van der Waals surface area contributed by atoms with Gasteiger partial charge in [-0.3, -0.25) is 0 Å². The Kier molecular flexibility index (Phi) is 6.65. The van der Waals surface area contributed by atoms with Crippen molar-refractivity contribution >= 4 is 38.9 Å². The number of nitrogens with zero attached hydrogens (tertiary/aromatic N) is 2. The van der Waals surface area contributed by atoms with E-state index in [1.54, 1.807) is 0 Å². The third kappa shape index (κ3) is 4.50. The number of rotatable bonds is 7. The van der Waals surface area contributed by atoms with Gasteiger partial charge in [0.2, 0.25) is 0 Å². The second-order valence-electron chi connectivity index (χ2n) is 6.97. The van der Waals surface area contributed by atoms with Gasteiger partial charge in [0.15, 0.2) is 5.11 Å². The van der Waals surface area contributed by atoms with Crippen LogP contribution in [0.4, 0.5) is 0 Å². The molecule has 0 amide bonds. The fourth-order valence-electron chi connectivity index (χ4n) is 3.58. The minimum Gasteiger partial charge on any atom is -0.362 e. The number of nitrogens with one attached hydrogen (secondary N) is 1. The summed E-state index contributed by atoms with van der Waals surface area (Å²) in [6.45, 7) is 6.58. The standard InChI is InChI=1S/C20H29N3S2/c1-3-5-9-15(4-2)14-21-20(24)23-13-8-11-17(23)19-22-16-10-6-7-12-18(16)25-19/h6-7,10,12,15,17H,3-5,8-9,11,13-14H2,1-2H3,(H,21,24)/t15-,17+/m1/s1. The molecule has 0 aliphatic carbocycles. The highest BCUT2D eigenvalue weighted by atomic mass is 32.1. The molecule has 3 rings (SSSR count). The van der Waals surface area contributed by atoms with E-state index >= 15 is 0 Å². The van der Waals surface area contributed by atoms with Crippen LogP contribution in [0.1, 0.15) is 63.4 Å². The van der Waals surface area contributed by atoms with E-state index in [4.69, 9.17) is 17.2 Å². The summed E-state index contributed by atoms with van der Waals surface area (Å²) in [5, 5.41) is 5.67. The molecule has 2 atom stereocenters. The average Bonchev–Trinajstić information content (AvgIpc) is 3.28. The monoisotopic (exact) mass is 375 g/mol. The van der Waals surface area contributed by atoms with Crippen molar-refractivity contribution in [2.75, 3.05) is 13.1 Å². The maximum atomic E-state index is 5.74. The SMILES string of the molecule is CCCC[C@@H](CC)CNC(=S)N1CCC[C@H]1c1nc2ccccc2s1. The third-order valence-electron chi connectivity index (χ3n) is 5.19. The summed E-state index contributed by atoms with van der Waals surface area (Å²) in [6, 6.07) is 8.75. The van der Waals surface area contributed by atoms with Crippen molar-refractivity contribution in [2.45, 2.75) is 58.4 Å². The molecule has 1 N–H and O–H groups in total. The van der Waals surface area contributed by atoms with Crippen molar-refractivity contribution in [3.8, 4) is 0 Å². The molecular formula is C20H29N3S2. The third-order valence-corrected chi connectivity index (χ3v) is 6.71. The first-order valence-electron chi connectivity index (χ1n) is 9.62. The van der Waals surface area contributed by atoms with Crippen LogP contribution in [0, 0.1) is 5.92 Å². The van der Waals surface area contributed by atoms with Gasteiger partial charge in [0.1, 0.15) is 5.01 Å². The average molecular weight is 376 g/mol. The molecule has 1 saturated heterocycles. The Morgan fingerprint density at radius 2 is 2.24 bits per heavy atom. The van der Waals surface area contributed by atoms with Crippen LogP contribution in [0.2, 0.25) is 0 Å². The lowest BCUT2D eigenvalue weighted by Gasteiger charge is -2.27. The molecule has 1 aromatic carbocycles. The quantitative estimate of drug-likeness (QED) is 0.645. The van der Waals surface area contributed by atoms with E-state index in [1.807, 2.05) is 11.3 Å². The van der Waals surface area contributed by atoms with Crippen LogP contribution in [0.25, 0.3) is 10.2 Å². The second-order valence-corrected chi connectivity index (χ2v) is 8.42. The molecule has 2 heterocycles. The summed E-state index contributed by atoms with van der Waals surface area (Å²) in [5.41, 5.74) is 1.11. The molecule has 1 fully saturated rings. The number of para-hydroxylation sites is 1. The molecule has 0 saturated carbocycles. The first-order chi connectivity index (χ1) is 12.2. The molecule has 1 aliphatic heterocycles. The second kappa shape index (κ2) is 8.95. The van der Waals surface area contributed by atoms with Crippen LogP contribution in [-0.2, 0) is 0 Å². The van der Waals surface area contributed by atoms with Crippen LogP contribution in [0.3, 0.4) is 0 Å². The number of hydrogen-bond acceptors (Lipinski definition) is 3. The molecule has 25 heavy (non-hydrogen) atoms. The molecule has 5 heteroatoms. The molecule has 0 bridgehead atoms. The highest BCUT2D eigenvalue weighted by Gasteiger charge is 2.30. The molecule has 0 unspecified atom stereocenters.